The summed E-state index contributed by atoms with van der Waals surface area (Å²) in [5.41, 5.74) is 0.964. The fourth-order valence-corrected chi connectivity index (χ4v) is 2.55. The molecule has 0 amide bonds. The average Bonchev–Trinajstić information content (AvgIpc) is 3.17. The molecule has 0 N–H and O–H groups in total. The van der Waals surface area contributed by atoms with Crippen LogP contribution in [0.3, 0.4) is 0 Å². The molecule has 128 valence electrons. The van der Waals surface area contributed by atoms with Gasteiger partial charge in [0, 0.05) is 10.9 Å². The molecular weight excluding hydrogens is 336 g/mol. The van der Waals surface area contributed by atoms with Crippen molar-refractivity contribution in [3.63, 3.8) is 0 Å². The number of esters is 1. The summed E-state index contributed by atoms with van der Waals surface area (Å²) in [5, 5.41) is 4.45. The van der Waals surface area contributed by atoms with Crippen LogP contribution in [-0.2, 0) is 4.74 Å². The number of benzene rings is 2. The Morgan fingerprint density at radius 2 is 1.88 bits per heavy atom. The molecule has 2 aromatic carbocycles. The summed E-state index contributed by atoms with van der Waals surface area (Å²) in [6.45, 7) is 0. The minimum absolute atomic E-state index is 0.0444. The van der Waals surface area contributed by atoms with Crippen molar-refractivity contribution in [2.45, 2.75) is 0 Å². The molecular formula is C19H12N2O5. The normalized spacial score (nSPS) is 10.8. The quantitative estimate of drug-likeness (QED) is 0.414. The molecule has 0 fully saturated rings. The zero-order valence-electron chi connectivity index (χ0n) is 13.6. The van der Waals surface area contributed by atoms with E-state index in [-0.39, 0.29) is 11.5 Å². The van der Waals surface area contributed by atoms with E-state index in [4.69, 9.17) is 13.7 Å². The van der Waals surface area contributed by atoms with Gasteiger partial charge in [0.15, 0.2) is 0 Å². The molecule has 0 unspecified atom stereocenters. The fraction of sp³-hybridized carbons (Fsp3) is 0.0526. The molecule has 7 heteroatoms. The number of carbonyl (C=O) groups excluding carboxylic acids is 1. The van der Waals surface area contributed by atoms with E-state index in [0.717, 1.165) is 5.56 Å². The number of aromatic nitrogens is 2. The van der Waals surface area contributed by atoms with Crippen molar-refractivity contribution in [3.8, 4) is 22.8 Å². The van der Waals surface area contributed by atoms with E-state index < -0.39 is 11.6 Å². The van der Waals surface area contributed by atoms with Gasteiger partial charge in [-0.3, -0.25) is 0 Å². The van der Waals surface area contributed by atoms with Crippen LogP contribution in [0.5, 0.6) is 0 Å². The minimum Gasteiger partial charge on any atom is -0.465 e. The maximum atomic E-state index is 12.3. The van der Waals surface area contributed by atoms with Crippen molar-refractivity contribution in [1.29, 1.82) is 0 Å². The van der Waals surface area contributed by atoms with Crippen LogP contribution in [0.15, 0.2) is 68.3 Å². The molecule has 4 aromatic rings. The Bertz CT molecular complexity index is 1160. The monoisotopic (exact) mass is 348 g/mol. The molecule has 0 saturated heterocycles. The molecule has 0 aliphatic rings. The third kappa shape index (κ3) is 2.75. The lowest BCUT2D eigenvalue weighted by atomic mass is 10.1. The minimum atomic E-state index is -0.605. The molecule has 0 spiro atoms. The summed E-state index contributed by atoms with van der Waals surface area (Å²) < 4.78 is 15.2. The van der Waals surface area contributed by atoms with E-state index in [1.165, 1.54) is 19.2 Å². The molecule has 7 nitrogen and oxygen atoms in total. The van der Waals surface area contributed by atoms with Gasteiger partial charge in [0.2, 0.25) is 5.82 Å². The first kappa shape index (κ1) is 15.8. The third-order valence-electron chi connectivity index (χ3n) is 3.84. The van der Waals surface area contributed by atoms with Crippen LogP contribution < -0.4 is 5.63 Å². The van der Waals surface area contributed by atoms with Crippen LogP contribution in [-0.4, -0.2) is 23.2 Å². The summed E-state index contributed by atoms with van der Waals surface area (Å²) in [6, 6.07) is 15.4. The molecule has 0 saturated carbocycles. The third-order valence-corrected chi connectivity index (χ3v) is 3.84. The Hall–Kier alpha value is -3.74. The zero-order chi connectivity index (χ0) is 18.1. The first-order valence-electron chi connectivity index (χ1n) is 7.71. The van der Waals surface area contributed by atoms with Gasteiger partial charge in [-0.25, -0.2) is 9.59 Å². The highest BCUT2D eigenvalue weighted by atomic mass is 16.5. The number of hydrogen-bond acceptors (Lipinski definition) is 7. The van der Waals surface area contributed by atoms with Gasteiger partial charge in [0.25, 0.3) is 5.89 Å². The van der Waals surface area contributed by atoms with E-state index >= 15 is 0 Å². The second-order valence-electron chi connectivity index (χ2n) is 5.48. The predicted octanol–water partition coefficient (Wildman–Crippen LogP) is 3.30. The van der Waals surface area contributed by atoms with Crippen molar-refractivity contribution >= 4 is 16.9 Å². The van der Waals surface area contributed by atoms with Crippen LogP contribution in [0.1, 0.15) is 10.4 Å². The fourth-order valence-electron chi connectivity index (χ4n) is 2.55. The highest BCUT2D eigenvalue weighted by molar-refractivity contribution is 5.94. The van der Waals surface area contributed by atoms with Gasteiger partial charge in [0.05, 0.1) is 12.7 Å². The number of nitrogens with zero attached hydrogens (tertiary/aromatic N) is 2. The highest BCUT2D eigenvalue weighted by Gasteiger charge is 2.17. The number of carbonyl (C=O) groups is 1. The summed E-state index contributed by atoms with van der Waals surface area (Å²) in [4.78, 5) is 28.2. The largest absolute Gasteiger partial charge is 0.465 e. The van der Waals surface area contributed by atoms with Gasteiger partial charge in [-0.05, 0) is 24.3 Å². The first-order chi connectivity index (χ1) is 12.7. The van der Waals surface area contributed by atoms with Gasteiger partial charge < -0.3 is 13.7 Å². The molecule has 0 atom stereocenters. The van der Waals surface area contributed by atoms with E-state index in [9.17, 15) is 9.59 Å². The van der Waals surface area contributed by atoms with E-state index in [2.05, 4.69) is 10.1 Å². The van der Waals surface area contributed by atoms with Crippen molar-refractivity contribution in [2.75, 3.05) is 7.11 Å². The Balaban J connectivity index is 1.81. The van der Waals surface area contributed by atoms with E-state index in [1.807, 2.05) is 30.3 Å². The number of rotatable bonds is 3. The topological polar surface area (TPSA) is 95.4 Å². The second-order valence-corrected chi connectivity index (χ2v) is 5.48. The molecule has 4 rings (SSSR count). The van der Waals surface area contributed by atoms with Crippen LogP contribution in [0.2, 0.25) is 0 Å². The first-order valence-corrected chi connectivity index (χ1v) is 7.71. The lowest BCUT2D eigenvalue weighted by Crippen LogP contribution is -2.04. The number of ether oxygens (including phenoxy) is 1. The maximum absolute atomic E-state index is 12.3. The molecule has 0 bridgehead atoms. The molecule has 0 radical (unpaired) electrons. The van der Waals surface area contributed by atoms with Crippen LogP contribution in [0.4, 0.5) is 0 Å². The standard InChI is InChI=1S/C19H12N2O5/c1-24-18(22)12-7-8-15-13(9-12)10-14(19(23)25-15)17-20-16(21-26-17)11-5-3-2-4-6-11/h2-10H,1H3. The van der Waals surface area contributed by atoms with Gasteiger partial charge in [-0.2, -0.15) is 4.98 Å². The molecule has 2 heterocycles. The van der Waals surface area contributed by atoms with Crippen LogP contribution >= 0.6 is 0 Å². The molecule has 0 aliphatic heterocycles. The van der Waals surface area contributed by atoms with Crippen molar-refractivity contribution < 1.29 is 18.5 Å². The smallest absolute Gasteiger partial charge is 0.349 e. The Kier molecular flexibility index (Phi) is 3.81. The SMILES string of the molecule is COC(=O)c1ccc2oc(=O)c(-c3nc(-c4ccccc4)no3)cc2c1. The second kappa shape index (κ2) is 6.29. The highest BCUT2D eigenvalue weighted by Crippen LogP contribution is 2.23. The van der Waals surface area contributed by atoms with E-state index in [1.54, 1.807) is 12.1 Å². The van der Waals surface area contributed by atoms with Gasteiger partial charge in [-0.15, -0.1) is 0 Å². The van der Waals surface area contributed by atoms with Gasteiger partial charge >= 0.3 is 11.6 Å². The lowest BCUT2D eigenvalue weighted by Gasteiger charge is -2.02. The Morgan fingerprint density at radius 1 is 1.08 bits per heavy atom. The summed E-state index contributed by atoms with van der Waals surface area (Å²) in [6.07, 6.45) is 0. The Morgan fingerprint density at radius 3 is 2.65 bits per heavy atom. The van der Waals surface area contributed by atoms with Crippen molar-refractivity contribution in [2.24, 2.45) is 0 Å². The number of fused-ring (bicyclic) bond motifs is 1. The van der Waals surface area contributed by atoms with Crippen LogP contribution in [0, 0.1) is 0 Å². The van der Waals surface area contributed by atoms with Crippen molar-refractivity contribution in [3.05, 3.63) is 70.6 Å². The summed E-state index contributed by atoms with van der Waals surface area (Å²) in [7, 11) is 1.30. The zero-order valence-corrected chi connectivity index (χ0v) is 13.6. The van der Waals surface area contributed by atoms with Gasteiger partial charge in [0.1, 0.15) is 11.1 Å². The Labute approximate surface area is 146 Å². The van der Waals surface area contributed by atoms with Crippen LogP contribution in [0.25, 0.3) is 33.8 Å². The van der Waals surface area contributed by atoms with Crippen molar-refractivity contribution in [1.82, 2.24) is 10.1 Å². The summed E-state index contributed by atoms with van der Waals surface area (Å²) >= 11 is 0. The molecule has 26 heavy (non-hydrogen) atoms. The molecule has 2 aromatic heterocycles. The van der Waals surface area contributed by atoms with Gasteiger partial charge in [-0.1, -0.05) is 35.5 Å². The lowest BCUT2D eigenvalue weighted by molar-refractivity contribution is 0.0601. The number of hydrogen-bond donors (Lipinski definition) is 0. The predicted molar refractivity (Wildman–Crippen MR) is 92.6 cm³/mol. The van der Waals surface area contributed by atoms with E-state index in [0.29, 0.717) is 22.4 Å². The molecule has 0 aliphatic carbocycles. The number of methoxy groups -OCH3 is 1. The average molecular weight is 348 g/mol. The maximum Gasteiger partial charge on any atom is 0.349 e. The summed E-state index contributed by atoms with van der Waals surface area (Å²) in [5.74, 6) is -0.0739.